The van der Waals surface area contributed by atoms with E-state index >= 15 is 0 Å². The molecule has 0 aromatic carbocycles. The number of ether oxygens (including phenoxy) is 1. The molecule has 152 valence electrons. The summed E-state index contributed by atoms with van der Waals surface area (Å²) in [6.07, 6.45) is -25.5. The van der Waals surface area contributed by atoms with Crippen molar-refractivity contribution in [3.63, 3.8) is 0 Å². The van der Waals surface area contributed by atoms with Crippen LogP contribution in [0.1, 0.15) is 25.7 Å². The summed E-state index contributed by atoms with van der Waals surface area (Å²) in [7, 11) is 0. The van der Waals surface area contributed by atoms with E-state index in [-0.39, 0.29) is 0 Å². The maximum absolute atomic E-state index is 13.0. The SMILES string of the molecule is FC(CC(F)(F)F)C(F)(F)CCOCCC(F)(F)C(F)CC(F)(F)F. The second-order valence-electron chi connectivity index (χ2n) is 5.21. The molecule has 0 aromatic rings. The van der Waals surface area contributed by atoms with Crippen LogP contribution in [0, 0.1) is 0 Å². The zero-order valence-corrected chi connectivity index (χ0v) is 12.3. The van der Waals surface area contributed by atoms with Gasteiger partial charge in [-0.1, -0.05) is 0 Å². The summed E-state index contributed by atoms with van der Waals surface area (Å²) in [5.74, 6) is -8.89. The van der Waals surface area contributed by atoms with Crippen molar-refractivity contribution in [2.75, 3.05) is 13.2 Å². The van der Waals surface area contributed by atoms with Gasteiger partial charge in [0.25, 0.3) is 11.8 Å². The highest BCUT2D eigenvalue weighted by Crippen LogP contribution is 2.35. The Morgan fingerprint density at radius 1 is 0.560 bits per heavy atom. The second-order valence-corrected chi connectivity index (χ2v) is 5.21. The van der Waals surface area contributed by atoms with Crippen molar-refractivity contribution in [2.45, 2.75) is 62.2 Å². The maximum Gasteiger partial charge on any atom is 0.392 e. The van der Waals surface area contributed by atoms with Crippen molar-refractivity contribution >= 4 is 0 Å². The number of hydrogen-bond acceptors (Lipinski definition) is 1. The Morgan fingerprint density at radius 3 is 1.08 bits per heavy atom. The lowest BCUT2D eigenvalue weighted by Gasteiger charge is -2.23. The van der Waals surface area contributed by atoms with Crippen LogP contribution >= 0.6 is 0 Å². The molecule has 0 aliphatic carbocycles. The van der Waals surface area contributed by atoms with Gasteiger partial charge in [-0.05, 0) is 0 Å². The van der Waals surface area contributed by atoms with Gasteiger partial charge in [0.1, 0.15) is 0 Å². The van der Waals surface area contributed by atoms with Crippen molar-refractivity contribution in [1.82, 2.24) is 0 Å². The van der Waals surface area contributed by atoms with Crippen LogP contribution in [0.15, 0.2) is 0 Å². The van der Waals surface area contributed by atoms with Crippen LogP contribution in [0.3, 0.4) is 0 Å². The van der Waals surface area contributed by atoms with Crippen molar-refractivity contribution < 1.29 is 57.4 Å². The van der Waals surface area contributed by atoms with Crippen molar-refractivity contribution in [2.24, 2.45) is 0 Å². The number of halogens is 12. The molecule has 0 fully saturated rings. The molecule has 0 saturated heterocycles. The third kappa shape index (κ3) is 10.6. The number of alkyl halides is 12. The standard InChI is InChI=1S/C12H14F12O/c13-7(5-11(19,20)21)9(15,16)1-3-25-4-2-10(17,18)8(14)6-12(22,23)24/h7-8H,1-6H2. The molecule has 0 spiro atoms. The molecule has 0 amide bonds. The lowest BCUT2D eigenvalue weighted by molar-refractivity contribution is -0.185. The molecule has 0 aliphatic rings. The molecule has 2 unspecified atom stereocenters. The lowest BCUT2D eigenvalue weighted by Crippen LogP contribution is -2.36. The molecule has 13 heteroatoms. The molecule has 0 aliphatic heterocycles. The minimum Gasteiger partial charge on any atom is -0.381 e. The molecule has 0 heterocycles. The highest BCUT2D eigenvalue weighted by atomic mass is 19.4. The van der Waals surface area contributed by atoms with Crippen molar-refractivity contribution in [1.29, 1.82) is 0 Å². The van der Waals surface area contributed by atoms with Crippen LogP contribution in [0.2, 0.25) is 0 Å². The normalized spacial score (nSPS) is 16.8. The van der Waals surface area contributed by atoms with Gasteiger partial charge in [-0.3, -0.25) is 0 Å². The Hall–Kier alpha value is -0.880. The van der Waals surface area contributed by atoms with Gasteiger partial charge in [0, 0.05) is 12.8 Å². The molecule has 0 aromatic heterocycles. The Labute approximate surface area is 134 Å². The van der Waals surface area contributed by atoms with Crippen LogP contribution < -0.4 is 0 Å². The van der Waals surface area contributed by atoms with E-state index in [2.05, 4.69) is 4.74 Å². The Kier molecular flexibility index (Phi) is 8.37. The summed E-state index contributed by atoms with van der Waals surface area (Å²) < 4.78 is 153. The smallest absolute Gasteiger partial charge is 0.381 e. The molecule has 0 saturated carbocycles. The van der Waals surface area contributed by atoms with Gasteiger partial charge in [-0.15, -0.1) is 0 Å². The largest absolute Gasteiger partial charge is 0.392 e. The van der Waals surface area contributed by atoms with Gasteiger partial charge in [-0.2, -0.15) is 26.3 Å². The third-order valence-corrected chi connectivity index (χ3v) is 2.90. The summed E-state index contributed by atoms with van der Waals surface area (Å²) >= 11 is 0. The van der Waals surface area contributed by atoms with Crippen molar-refractivity contribution in [3.05, 3.63) is 0 Å². The average Bonchev–Trinajstić information content (AvgIpc) is 2.33. The summed E-state index contributed by atoms with van der Waals surface area (Å²) in [4.78, 5) is 0. The number of rotatable bonds is 10. The Bertz CT molecular complexity index is 353. The van der Waals surface area contributed by atoms with Crippen molar-refractivity contribution in [3.8, 4) is 0 Å². The lowest BCUT2D eigenvalue weighted by atomic mass is 10.1. The first kappa shape index (κ1) is 24.1. The van der Waals surface area contributed by atoms with E-state index in [1.807, 2.05) is 0 Å². The van der Waals surface area contributed by atoms with Gasteiger partial charge < -0.3 is 4.74 Å². The van der Waals surface area contributed by atoms with Gasteiger partial charge in [-0.25, -0.2) is 26.3 Å². The first-order valence-corrected chi connectivity index (χ1v) is 6.71. The molecule has 0 rings (SSSR count). The predicted molar refractivity (Wildman–Crippen MR) is 61.1 cm³/mol. The van der Waals surface area contributed by atoms with Crippen LogP contribution in [0.5, 0.6) is 0 Å². The molecule has 25 heavy (non-hydrogen) atoms. The molecular formula is C12H14F12O. The minimum atomic E-state index is -5.18. The van der Waals surface area contributed by atoms with E-state index in [0.29, 0.717) is 0 Å². The van der Waals surface area contributed by atoms with E-state index < -0.39 is 75.4 Å². The summed E-state index contributed by atoms with van der Waals surface area (Å²) in [6.45, 7) is -2.28. The maximum atomic E-state index is 13.0. The fraction of sp³-hybridized carbons (Fsp3) is 1.00. The van der Waals surface area contributed by atoms with Crippen LogP contribution in [-0.4, -0.2) is 49.8 Å². The first-order chi connectivity index (χ1) is 11.0. The molecule has 1 nitrogen and oxygen atoms in total. The topological polar surface area (TPSA) is 9.23 Å². The zero-order chi connectivity index (χ0) is 20.1. The molecule has 2 atom stereocenters. The summed E-state index contributed by atoms with van der Waals surface area (Å²) in [6, 6.07) is 0. The number of hydrogen-bond donors (Lipinski definition) is 0. The predicted octanol–water partition coefficient (Wildman–Crippen LogP) is 5.63. The van der Waals surface area contributed by atoms with E-state index in [1.54, 1.807) is 0 Å². The molecule has 0 radical (unpaired) electrons. The van der Waals surface area contributed by atoms with E-state index in [4.69, 9.17) is 0 Å². The summed E-state index contributed by atoms with van der Waals surface area (Å²) in [5.41, 5.74) is 0. The van der Waals surface area contributed by atoms with Gasteiger partial charge in [0.15, 0.2) is 12.3 Å². The van der Waals surface area contributed by atoms with Gasteiger partial charge >= 0.3 is 12.4 Å². The Balaban J connectivity index is 4.23. The average molecular weight is 402 g/mol. The molecule has 0 N–H and O–H groups in total. The van der Waals surface area contributed by atoms with Gasteiger partial charge in [0.05, 0.1) is 26.1 Å². The highest BCUT2D eigenvalue weighted by Gasteiger charge is 2.47. The highest BCUT2D eigenvalue weighted by molar-refractivity contribution is 4.80. The summed E-state index contributed by atoms with van der Waals surface area (Å²) in [5, 5.41) is 0. The molecule has 0 bridgehead atoms. The van der Waals surface area contributed by atoms with E-state index in [9.17, 15) is 52.7 Å². The fourth-order valence-corrected chi connectivity index (χ4v) is 1.54. The monoisotopic (exact) mass is 402 g/mol. The Morgan fingerprint density at radius 2 is 0.840 bits per heavy atom. The van der Waals surface area contributed by atoms with Crippen LogP contribution in [-0.2, 0) is 4.74 Å². The zero-order valence-electron chi connectivity index (χ0n) is 12.3. The quantitative estimate of drug-likeness (QED) is 0.340. The second kappa shape index (κ2) is 8.67. The first-order valence-electron chi connectivity index (χ1n) is 6.71. The molecular weight excluding hydrogens is 388 g/mol. The van der Waals surface area contributed by atoms with Crippen LogP contribution in [0.4, 0.5) is 52.7 Å². The fourth-order valence-electron chi connectivity index (χ4n) is 1.54. The van der Waals surface area contributed by atoms with E-state index in [1.165, 1.54) is 0 Å². The van der Waals surface area contributed by atoms with Crippen LogP contribution in [0.25, 0.3) is 0 Å². The third-order valence-electron chi connectivity index (χ3n) is 2.90. The van der Waals surface area contributed by atoms with Gasteiger partial charge in [0.2, 0.25) is 0 Å². The minimum absolute atomic E-state index is 1.14. The van der Waals surface area contributed by atoms with E-state index in [0.717, 1.165) is 0 Å².